The number of nitrogens with zero attached hydrogens (tertiary/aromatic N) is 3. The van der Waals surface area contributed by atoms with Gasteiger partial charge in [0.15, 0.2) is 5.82 Å². The summed E-state index contributed by atoms with van der Waals surface area (Å²) in [5.41, 5.74) is 1.57. The van der Waals surface area contributed by atoms with Crippen LogP contribution in [-0.2, 0) is 6.18 Å². The van der Waals surface area contributed by atoms with Gasteiger partial charge >= 0.3 is 6.18 Å². The maximum Gasteiger partial charge on any atom is 0.416 e. The molecule has 0 spiro atoms. The number of imidazole rings is 1. The fourth-order valence-corrected chi connectivity index (χ4v) is 3.08. The van der Waals surface area contributed by atoms with Gasteiger partial charge in [-0.2, -0.15) is 13.2 Å². The van der Waals surface area contributed by atoms with Gasteiger partial charge in [-0.25, -0.2) is 9.98 Å². The highest BCUT2D eigenvalue weighted by molar-refractivity contribution is 6.15. The average molecular weight is 357 g/mol. The van der Waals surface area contributed by atoms with Crippen LogP contribution >= 0.6 is 0 Å². The van der Waals surface area contributed by atoms with Crippen LogP contribution in [0.3, 0.4) is 0 Å². The van der Waals surface area contributed by atoms with Crippen LogP contribution in [-0.4, -0.2) is 20.4 Å². The lowest BCUT2D eigenvalue weighted by atomic mass is 9.98. The molecule has 0 fully saturated rings. The van der Waals surface area contributed by atoms with Gasteiger partial charge in [-0.05, 0) is 25.1 Å². The van der Waals surface area contributed by atoms with Gasteiger partial charge in [0.1, 0.15) is 0 Å². The molecule has 1 aliphatic heterocycles. The van der Waals surface area contributed by atoms with Crippen molar-refractivity contribution in [3.8, 4) is 5.69 Å². The molecule has 4 nitrogen and oxygen atoms in total. The molecule has 0 amide bonds. The number of aliphatic imine (C=N–C) groups is 1. The molecule has 1 aromatic heterocycles. The minimum Gasteiger partial charge on any atom is -0.365 e. The van der Waals surface area contributed by atoms with Crippen molar-refractivity contribution in [2.45, 2.75) is 19.3 Å². The lowest BCUT2D eigenvalue weighted by molar-refractivity contribution is -0.137. The summed E-state index contributed by atoms with van der Waals surface area (Å²) in [5.74, 6) is 0.273. The first kappa shape index (κ1) is 16.5. The van der Waals surface area contributed by atoms with Gasteiger partial charge in [-0.3, -0.25) is 4.57 Å². The largest absolute Gasteiger partial charge is 0.416 e. The first-order chi connectivity index (χ1) is 12.3. The normalized spacial score (nSPS) is 16.5. The van der Waals surface area contributed by atoms with Crippen molar-refractivity contribution in [1.82, 2.24) is 9.55 Å². The summed E-state index contributed by atoms with van der Waals surface area (Å²) in [4.78, 5) is 8.56. The summed E-state index contributed by atoms with van der Waals surface area (Å²) < 4.78 is 41.4. The molecule has 3 aromatic rings. The van der Waals surface area contributed by atoms with E-state index in [2.05, 4.69) is 9.98 Å². The van der Waals surface area contributed by atoms with Crippen LogP contribution in [0.2, 0.25) is 0 Å². The van der Waals surface area contributed by atoms with Crippen LogP contribution in [0.4, 0.5) is 13.2 Å². The highest BCUT2D eigenvalue weighted by Gasteiger charge is 2.33. The Morgan fingerprint density at radius 2 is 1.81 bits per heavy atom. The number of fused-ring (bicyclic) bond motifs is 3. The van der Waals surface area contributed by atoms with E-state index in [1.54, 1.807) is 48.0 Å². The fourth-order valence-electron chi connectivity index (χ4n) is 3.08. The molecule has 4 rings (SSSR count). The first-order valence-corrected chi connectivity index (χ1v) is 7.94. The van der Waals surface area contributed by atoms with E-state index in [1.165, 1.54) is 6.07 Å². The van der Waals surface area contributed by atoms with Gasteiger partial charge in [0, 0.05) is 17.3 Å². The van der Waals surface area contributed by atoms with E-state index in [0.717, 1.165) is 12.1 Å². The van der Waals surface area contributed by atoms with Crippen molar-refractivity contribution >= 4 is 5.71 Å². The number of halogens is 3. The Hall–Kier alpha value is -2.93. The SMILES string of the molecule is Cc1cn2c(n1)C(O)N=C(c1ccccc1)c1cc(C(F)(F)F)ccc1-2. The topological polar surface area (TPSA) is 50.4 Å². The quantitative estimate of drug-likeness (QED) is 0.715. The standard InChI is InChI=1S/C19H14F3N3O/c1-11-10-25-15-8-7-13(19(20,21)22)9-14(15)16(12-5-3-2-4-6-12)24-18(26)17(25)23-11/h2-10,18,26H,1H3. The van der Waals surface area contributed by atoms with Gasteiger partial charge in [-0.1, -0.05) is 30.3 Å². The Morgan fingerprint density at radius 3 is 2.50 bits per heavy atom. The fraction of sp³-hybridized carbons (Fsp3) is 0.158. The third-order valence-electron chi connectivity index (χ3n) is 4.22. The Bertz CT molecular complexity index is 1010. The molecule has 26 heavy (non-hydrogen) atoms. The lowest BCUT2D eigenvalue weighted by Gasteiger charge is -2.15. The Morgan fingerprint density at radius 1 is 1.08 bits per heavy atom. The molecular formula is C19H14F3N3O. The maximum absolute atomic E-state index is 13.3. The molecule has 1 N–H and O–H groups in total. The van der Waals surface area contributed by atoms with Gasteiger partial charge in [-0.15, -0.1) is 0 Å². The van der Waals surface area contributed by atoms with Crippen molar-refractivity contribution < 1.29 is 18.3 Å². The van der Waals surface area contributed by atoms with Crippen LogP contribution in [0.1, 0.15) is 34.4 Å². The summed E-state index contributed by atoms with van der Waals surface area (Å²) in [6, 6.07) is 12.3. The van der Waals surface area contributed by atoms with Crippen molar-refractivity contribution in [3.63, 3.8) is 0 Å². The van der Waals surface area contributed by atoms with Crippen LogP contribution in [0.5, 0.6) is 0 Å². The van der Waals surface area contributed by atoms with Crippen LogP contribution in [0.15, 0.2) is 59.7 Å². The van der Waals surface area contributed by atoms with E-state index in [9.17, 15) is 18.3 Å². The minimum atomic E-state index is -4.48. The molecule has 2 heterocycles. The van der Waals surface area contributed by atoms with Crippen LogP contribution < -0.4 is 0 Å². The summed E-state index contributed by atoms with van der Waals surface area (Å²) >= 11 is 0. The minimum absolute atomic E-state index is 0.273. The van der Waals surface area contributed by atoms with E-state index in [0.29, 0.717) is 28.2 Å². The van der Waals surface area contributed by atoms with Gasteiger partial charge < -0.3 is 5.11 Å². The predicted octanol–water partition coefficient (Wildman–Crippen LogP) is 4.04. The number of aromatic nitrogens is 2. The van der Waals surface area contributed by atoms with Crippen molar-refractivity contribution in [3.05, 3.63) is 82.9 Å². The molecule has 1 unspecified atom stereocenters. The molecular weight excluding hydrogens is 343 g/mol. The highest BCUT2D eigenvalue weighted by Crippen LogP contribution is 2.35. The summed E-state index contributed by atoms with van der Waals surface area (Å²) in [6.07, 6.45) is -4.08. The summed E-state index contributed by atoms with van der Waals surface area (Å²) in [7, 11) is 0. The van der Waals surface area contributed by atoms with Crippen molar-refractivity contribution in [1.29, 1.82) is 0 Å². The molecule has 0 saturated carbocycles. The predicted molar refractivity (Wildman–Crippen MR) is 90.3 cm³/mol. The second-order valence-electron chi connectivity index (χ2n) is 6.06. The van der Waals surface area contributed by atoms with Crippen molar-refractivity contribution in [2.75, 3.05) is 0 Å². The smallest absolute Gasteiger partial charge is 0.365 e. The molecule has 0 saturated heterocycles. The molecule has 0 radical (unpaired) electrons. The van der Waals surface area contributed by atoms with Crippen molar-refractivity contribution in [2.24, 2.45) is 4.99 Å². The Balaban J connectivity index is 2.03. The number of alkyl halides is 3. The molecule has 1 atom stereocenters. The summed E-state index contributed by atoms with van der Waals surface area (Å²) in [5, 5.41) is 10.5. The third kappa shape index (κ3) is 2.70. The Kier molecular flexibility index (Phi) is 3.69. The highest BCUT2D eigenvalue weighted by atomic mass is 19.4. The average Bonchev–Trinajstić information content (AvgIpc) is 2.96. The molecule has 132 valence electrons. The zero-order valence-electron chi connectivity index (χ0n) is 13.7. The molecule has 0 bridgehead atoms. The monoisotopic (exact) mass is 357 g/mol. The van der Waals surface area contributed by atoms with Crippen LogP contribution in [0, 0.1) is 6.92 Å². The number of hydrogen-bond donors (Lipinski definition) is 1. The molecule has 2 aromatic carbocycles. The number of aryl methyl sites for hydroxylation is 1. The number of rotatable bonds is 1. The van der Waals surface area contributed by atoms with E-state index < -0.39 is 18.0 Å². The number of aliphatic hydroxyl groups is 1. The molecule has 1 aliphatic rings. The lowest BCUT2D eigenvalue weighted by Crippen LogP contribution is -2.11. The number of aliphatic hydroxyl groups excluding tert-OH is 1. The molecule has 0 aliphatic carbocycles. The van der Waals surface area contributed by atoms with E-state index in [-0.39, 0.29) is 5.82 Å². The first-order valence-electron chi connectivity index (χ1n) is 7.94. The zero-order valence-corrected chi connectivity index (χ0v) is 13.7. The van der Waals surface area contributed by atoms with Gasteiger partial charge in [0.05, 0.1) is 22.7 Å². The summed E-state index contributed by atoms with van der Waals surface area (Å²) in [6.45, 7) is 1.75. The van der Waals surface area contributed by atoms with E-state index in [4.69, 9.17) is 0 Å². The second-order valence-corrected chi connectivity index (χ2v) is 6.06. The second kappa shape index (κ2) is 5.81. The van der Waals surface area contributed by atoms with Crippen LogP contribution in [0.25, 0.3) is 5.69 Å². The van der Waals surface area contributed by atoms with Gasteiger partial charge in [0.2, 0.25) is 6.23 Å². The third-order valence-corrected chi connectivity index (χ3v) is 4.22. The van der Waals surface area contributed by atoms with E-state index >= 15 is 0 Å². The van der Waals surface area contributed by atoms with E-state index in [1.807, 2.05) is 0 Å². The molecule has 7 heteroatoms. The Labute approximate surface area is 147 Å². The number of benzene rings is 2. The van der Waals surface area contributed by atoms with Gasteiger partial charge in [0.25, 0.3) is 0 Å². The number of hydrogen-bond acceptors (Lipinski definition) is 3. The maximum atomic E-state index is 13.3. The zero-order chi connectivity index (χ0) is 18.5.